The van der Waals surface area contributed by atoms with Gasteiger partial charge in [0.25, 0.3) is 0 Å². The van der Waals surface area contributed by atoms with Gasteiger partial charge in [0.1, 0.15) is 5.75 Å². The first-order valence-corrected chi connectivity index (χ1v) is 5.83. The maximum atomic E-state index is 10.8. The second-order valence-corrected chi connectivity index (χ2v) is 4.77. The van der Waals surface area contributed by atoms with Crippen LogP contribution in [0.4, 0.5) is 0 Å². The highest BCUT2D eigenvalue weighted by molar-refractivity contribution is 9.10. The van der Waals surface area contributed by atoms with Gasteiger partial charge in [-0.05, 0) is 33.5 Å². The Bertz CT molecular complexity index is 399. The standard InChI is InChI=1S/C12H15BrO3/c1-7(2)8-4-9(6-11(14)15)12(16-3)10(13)5-8/h4-5,7H,6H2,1-3H3,(H,14,15). The highest BCUT2D eigenvalue weighted by atomic mass is 79.9. The monoisotopic (exact) mass is 286 g/mol. The molecule has 1 aromatic carbocycles. The summed E-state index contributed by atoms with van der Waals surface area (Å²) in [4.78, 5) is 10.8. The molecule has 16 heavy (non-hydrogen) atoms. The van der Waals surface area contributed by atoms with E-state index in [1.807, 2.05) is 12.1 Å². The Kier molecular flexibility index (Phi) is 4.35. The van der Waals surface area contributed by atoms with Gasteiger partial charge in [0, 0.05) is 5.56 Å². The molecule has 4 heteroatoms. The molecule has 1 N–H and O–H groups in total. The molecule has 1 aromatic rings. The van der Waals surface area contributed by atoms with Crippen LogP contribution in [0, 0.1) is 0 Å². The van der Waals surface area contributed by atoms with Crippen LogP contribution in [0.25, 0.3) is 0 Å². The van der Waals surface area contributed by atoms with Crippen molar-refractivity contribution in [1.82, 2.24) is 0 Å². The van der Waals surface area contributed by atoms with Crippen LogP contribution in [0.2, 0.25) is 0 Å². The van der Waals surface area contributed by atoms with Crippen molar-refractivity contribution in [1.29, 1.82) is 0 Å². The average molecular weight is 287 g/mol. The Labute approximate surface area is 104 Å². The molecule has 0 spiro atoms. The van der Waals surface area contributed by atoms with E-state index in [2.05, 4.69) is 29.8 Å². The summed E-state index contributed by atoms with van der Waals surface area (Å²) in [5.74, 6) is 0.104. The van der Waals surface area contributed by atoms with E-state index < -0.39 is 5.97 Å². The van der Waals surface area contributed by atoms with Gasteiger partial charge in [-0.1, -0.05) is 19.9 Å². The zero-order valence-electron chi connectivity index (χ0n) is 9.58. The number of methoxy groups -OCH3 is 1. The van der Waals surface area contributed by atoms with E-state index >= 15 is 0 Å². The molecular weight excluding hydrogens is 272 g/mol. The fourth-order valence-corrected chi connectivity index (χ4v) is 2.21. The van der Waals surface area contributed by atoms with Crippen molar-refractivity contribution in [2.24, 2.45) is 0 Å². The molecule has 0 aromatic heterocycles. The first-order valence-electron chi connectivity index (χ1n) is 5.03. The number of ether oxygens (including phenoxy) is 1. The third-order valence-corrected chi connectivity index (χ3v) is 2.94. The lowest BCUT2D eigenvalue weighted by Gasteiger charge is -2.13. The van der Waals surface area contributed by atoms with E-state index in [1.165, 1.54) is 0 Å². The number of hydrogen-bond acceptors (Lipinski definition) is 2. The summed E-state index contributed by atoms with van der Waals surface area (Å²) in [6.45, 7) is 4.14. The van der Waals surface area contributed by atoms with E-state index in [0.717, 1.165) is 10.0 Å². The molecule has 0 aliphatic carbocycles. The Morgan fingerprint density at radius 2 is 2.12 bits per heavy atom. The van der Waals surface area contributed by atoms with E-state index in [0.29, 0.717) is 17.2 Å². The highest BCUT2D eigenvalue weighted by Crippen LogP contribution is 2.33. The summed E-state index contributed by atoms with van der Waals surface area (Å²) in [6.07, 6.45) is -0.0255. The van der Waals surface area contributed by atoms with Crippen molar-refractivity contribution >= 4 is 21.9 Å². The van der Waals surface area contributed by atoms with Crippen LogP contribution in [0.3, 0.4) is 0 Å². The Hall–Kier alpha value is -1.03. The molecule has 1 rings (SSSR count). The Balaban J connectivity index is 3.24. The predicted molar refractivity (Wildman–Crippen MR) is 66.1 cm³/mol. The van der Waals surface area contributed by atoms with Crippen LogP contribution < -0.4 is 4.74 Å². The average Bonchev–Trinajstić information content (AvgIpc) is 2.16. The van der Waals surface area contributed by atoms with Crippen LogP contribution in [-0.2, 0) is 11.2 Å². The topological polar surface area (TPSA) is 46.5 Å². The van der Waals surface area contributed by atoms with Crippen molar-refractivity contribution in [2.75, 3.05) is 7.11 Å². The molecule has 3 nitrogen and oxygen atoms in total. The second kappa shape index (κ2) is 5.34. The van der Waals surface area contributed by atoms with Crippen LogP contribution in [0.1, 0.15) is 30.9 Å². The lowest BCUT2D eigenvalue weighted by Crippen LogP contribution is -2.04. The van der Waals surface area contributed by atoms with Gasteiger partial charge in [-0.2, -0.15) is 0 Å². The Morgan fingerprint density at radius 3 is 2.56 bits per heavy atom. The van der Waals surface area contributed by atoms with Crippen LogP contribution in [0.15, 0.2) is 16.6 Å². The molecule has 0 radical (unpaired) electrons. The first kappa shape index (κ1) is 13.0. The molecular formula is C12H15BrO3. The molecule has 0 bridgehead atoms. The lowest BCUT2D eigenvalue weighted by molar-refractivity contribution is -0.136. The van der Waals surface area contributed by atoms with Gasteiger partial charge in [-0.3, -0.25) is 4.79 Å². The van der Waals surface area contributed by atoms with Crippen molar-refractivity contribution in [3.63, 3.8) is 0 Å². The quantitative estimate of drug-likeness (QED) is 0.925. The largest absolute Gasteiger partial charge is 0.495 e. The highest BCUT2D eigenvalue weighted by Gasteiger charge is 2.14. The number of aliphatic carboxylic acids is 1. The summed E-state index contributed by atoms with van der Waals surface area (Å²) >= 11 is 3.40. The third-order valence-electron chi connectivity index (χ3n) is 2.36. The molecule has 0 aliphatic rings. The van der Waals surface area contributed by atoms with E-state index in [-0.39, 0.29) is 6.42 Å². The minimum Gasteiger partial charge on any atom is -0.495 e. The molecule has 0 unspecified atom stereocenters. The summed E-state index contributed by atoms with van der Waals surface area (Å²) in [5, 5.41) is 8.84. The maximum Gasteiger partial charge on any atom is 0.307 e. The van der Waals surface area contributed by atoms with Gasteiger partial charge in [0.15, 0.2) is 0 Å². The van der Waals surface area contributed by atoms with Crippen LogP contribution in [-0.4, -0.2) is 18.2 Å². The summed E-state index contributed by atoms with van der Waals surface area (Å²) in [7, 11) is 1.54. The Morgan fingerprint density at radius 1 is 1.50 bits per heavy atom. The van der Waals surface area contributed by atoms with E-state index in [9.17, 15) is 4.79 Å². The number of halogens is 1. The molecule has 0 heterocycles. The van der Waals surface area contributed by atoms with Crippen molar-refractivity contribution in [3.8, 4) is 5.75 Å². The van der Waals surface area contributed by atoms with Gasteiger partial charge in [0.05, 0.1) is 18.0 Å². The predicted octanol–water partition coefficient (Wildman–Crippen LogP) is 3.21. The minimum atomic E-state index is -0.855. The molecule has 0 aliphatic heterocycles. The van der Waals surface area contributed by atoms with Gasteiger partial charge >= 0.3 is 5.97 Å². The number of benzene rings is 1. The molecule has 0 fully saturated rings. The first-order chi connectivity index (χ1) is 7.45. The van der Waals surface area contributed by atoms with Gasteiger partial charge < -0.3 is 9.84 Å². The number of rotatable bonds is 4. The molecule has 0 atom stereocenters. The molecule has 0 saturated heterocycles. The van der Waals surface area contributed by atoms with Gasteiger partial charge in [0.2, 0.25) is 0 Å². The van der Waals surface area contributed by atoms with Crippen molar-refractivity contribution < 1.29 is 14.6 Å². The lowest BCUT2D eigenvalue weighted by atomic mass is 9.99. The normalized spacial score (nSPS) is 10.6. The number of carboxylic acid groups (broad SMARTS) is 1. The summed E-state index contributed by atoms with van der Waals surface area (Å²) in [6, 6.07) is 3.86. The molecule has 88 valence electrons. The molecule has 0 saturated carbocycles. The van der Waals surface area contributed by atoms with Gasteiger partial charge in [-0.15, -0.1) is 0 Å². The summed E-state index contributed by atoms with van der Waals surface area (Å²) < 4.78 is 6.00. The van der Waals surface area contributed by atoms with Crippen molar-refractivity contribution in [2.45, 2.75) is 26.2 Å². The number of carboxylic acids is 1. The zero-order valence-corrected chi connectivity index (χ0v) is 11.2. The fourth-order valence-electron chi connectivity index (χ4n) is 1.53. The second-order valence-electron chi connectivity index (χ2n) is 3.92. The number of carbonyl (C=O) groups is 1. The zero-order chi connectivity index (χ0) is 12.3. The number of hydrogen-bond donors (Lipinski definition) is 1. The minimum absolute atomic E-state index is 0.0255. The SMILES string of the molecule is COc1c(Br)cc(C(C)C)cc1CC(=O)O. The van der Waals surface area contributed by atoms with Crippen LogP contribution >= 0.6 is 15.9 Å². The maximum absolute atomic E-state index is 10.8. The van der Waals surface area contributed by atoms with Gasteiger partial charge in [-0.25, -0.2) is 0 Å². The van der Waals surface area contributed by atoms with Crippen LogP contribution in [0.5, 0.6) is 5.75 Å². The summed E-state index contributed by atoms with van der Waals surface area (Å²) in [5.41, 5.74) is 1.80. The fraction of sp³-hybridized carbons (Fsp3) is 0.417. The third kappa shape index (κ3) is 2.98. The molecule has 0 amide bonds. The van der Waals surface area contributed by atoms with Crippen molar-refractivity contribution in [3.05, 3.63) is 27.7 Å². The van der Waals surface area contributed by atoms with E-state index in [1.54, 1.807) is 7.11 Å². The smallest absolute Gasteiger partial charge is 0.307 e. The van der Waals surface area contributed by atoms with E-state index in [4.69, 9.17) is 9.84 Å².